The summed E-state index contributed by atoms with van der Waals surface area (Å²) in [6.07, 6.45) is 1.62. The van der Waals surface area contributed by atoms with E-state index in [-0.39, 0.29) is 18.5 Å². The van der Waals surface area contributed by atoms with Gasteiger partial charge in [-0.25, -0.2) is 0 Å². The smallest absolute Gasteiger partial charge is 0.140 e. The Bertz CT molecular complexity index is 600. The molecule has 1 aliphatic heterocycles. The molecule has 2 aromatic rings. The van der Waals surface area contributed by atoms with Crippen molar-refractivity contribution in [2.75, 3.05) is 13.6 Å². The minimum Gasteiger partial charge on any atom is -0.483 e. The number of hydrogen-bond donors (Lipinski definition) is 0. The molecular weight excluding hydrogens is 321 g/mol. The molecule has 0 amide bonds. The van der Waals surface area contributed by atoms with E-state index in [1.165, 1.54) is 0 Å². The van der Waals surface area contributed by atoms with Crippen LogP contribution in [-0.4, -0.2) is 18.5 Å². The van der Waals surface area contributed by atoms with Crippen LogP contribution in [0.1, 0.15) is 17.4 Å². The van der Waals surface area contributed by atoms with Crippen LogP contribution in [0, 0.1) is 0 Å². The average Bonchev–Trinajstić information content (AvgIpc) is 2.80. The van der Waals surface area contributed by atoms with E-state index in [0.29, 0.717) is 15.8 Å². The first-order valence-electron chi connectivity index (χ1n) is 6.00. The molecule has 0 spiro atoms. The Balaban J connectivity index is 0.00000147. The predicted octanol–water partition coefficient (Wildman–Crippen LogP) is 4.57. The van der Waals surface area contributed by atoms with Crippen LogP contribution in [0.3, 0.4) is 0 Å². The molecule has 1 aromatic heterocycles. The third kappa shape index (κ3) is 3.07. The zero-order chi connectivity index (χ0) is 13.4. The molecule has 0 radical (unpaired) electrons. The van der Waals surface area contributed by atoms with E-state index in [0.717, 1.165) is 24.4 Å². The second kappa shape index (κ2) is 6.27. The Hall–Kier alpha value is -0.870. The fourth-order valence-electron chi connectivity index (χ4n) is 2.28. The minimum absolute atomic E-state index is 0. The molecule has 0 N–H and O–H groups in total. The first-order valence-corrected chi connectivity index (χ1v) is 6.75. The topological polar surface area (TPSA) is 25.6 Å². The van der Waals surface area contributed by atoms with E-state index in [4.69, 9.17) is 32.4 Å². The van der Waals surface area contributed by atoms with Gasteiger partial charge in [0, 0.05) is 17.1 Å². The van der Waals surface area contributed by atoms with Crippen LogP contribution in [0.4, 0.5) is 0 Å². The van der Waals surface area contributed by atoms with Crippen molar-refractivity contribution in [1.29, 1.82) is 0 Å². The summed E-state index contributed by atoms with van der Waals surface area (Å²) in [7, 11) is 2.03. The summed E-state index contributed by atoms with van der Waals surface area (Å²) in [5, 5.41) is 1.12. The van der Waals surface area contributed by atoms with Crippen molar-refractivity contribution in [2.45, 2.75) is 12.6 Å². The normalized spacial score (nSPS) is 18.2. The molecular formula is C14H14Cl3NO2. The number of furan rings is 1. The van der Waals surface area contributed by atoms with Gasteiger partial charge in [0.15, 0.2) is 0 Å². The van der Waals surface area contributed by atoms with Gasteiger partial charge in [-0.1, -0.05) is 23.2 Å². The Labute approximate surface area is 133 Å². The van der Waals surface area contributed by atoms with Crippen molar-refractivity contribution in [3.8, 4) is 5.75 Å². The van der Waals surface area contributed by atoms with Gasteiger partial charge in [0.1, 0.15) is 17.6 Å². The number of halogens is 3. The van der Waals surface area contributed by atoms with E-state index in [1.807, 2.05) is 13.1 Å². The molecule has 1 aliphatic rings. The van der Waals surface area contributed by atoms with Crippen molar-refractivity contribution in [1.82, 2.24) is 4.90 Å². The van der Waals surface area contributed by atoms with Crippen molar-refractivity contribution in [2.24, 2.45) is 0 Å². The molecule has 3 rings (SSSR count). The lowest BCUT2D eigenvalue weighted by Gasteiger charge is -2.29. The molecule has 1 aromatic carbocycles. The lowest BCUT2D eigenvalue weighted by molar-refractivity contribution is 0.120. The predicted molar refractivity (Wildman–Crippen MR) is 82.1 cm³/mol. The zero-order valence-electron chi connectivity index (χ0n) is 10.8. The summed E-state index contributed by atoms with van der Waals surface area (Å²) in [4.78, 5) is 2.15. The molecule has 0 bridgehead atoms. The molecule has 0 saturated carbocycles. The highest BCUT2D eigenvalue weighted by atomic mass is 35.5. The molecule has 108 valence electrons. The van der Waals surface area contributed by atoms with Gasteiger partial charge < -0.3 is 9.15 Å². The maximum Gasteiger partial charge on any atom is 0.140 e. The summed E-state index contributed by atoms with van der Waals surface area (Å²) in [5.41, 5.74) is 1.09. The van der Waals surface area contributed by atoms with E-state index in [2.05, 4.69) is 4.90 Å². The SMILES string of the molecule is CN1Cc2occc2C(Oc2ccc(Cl)cc2Cl)C1.Cl. The number of rotatable bonds is 2. The fraction of sp³-hybridized carbons (Fsp3) is 0.286. The van der Waals surface area contributed by atoms with Crippen LogP contribution in [-0.2, 0) is 6.54 Å². The first-order chi connectivity index (χ1) is 9.13. The Morgan fingerprint density at radius 2 is 2.10 bits per heavy atom. The maximum absolute atomic E-state index is 6.14. The number of benzene rings is 1. The van der Waals surface area contributed by atoms with Gasteiger partial charge in [0.25, 0.3) is 0 Å². The standard InChI is InChI=1S/C14H13Cl2NO2.ClH/c1-17-7-13-10(4-5-18-13)14(8-17)19-12-3-2-9(15)6-11(12)16;/h2-6,14H,7-8H2,1H3;1H. The second-order valence-corrected chi connectivity index (χ2v) is 5.52. The van der Waals surface area contributed by atoms with Crippen molar-refractivity contribution >= 4 is 35.6 Å². The molecule has 3 nitrogen and oxygen atoms in total. The summed E-state index contributed by atoms with van der Waals surface area (Å²) >= 11 is 12.0. The average molecular weight is 335 g/mol. The van der Waals surface area contributed by atoms with Crippen molar-refractivity contribution < 1.29 is 9.15 Å². The lowest BCUT2D eigenvalue weighted by atomic mass is 10.1. The zero-order valence-corrected chi connectivity index (χ0v) is 13.1. The second-order valence-electron chi connectivity index (χ2n) is 4.68. The van der Waals surface area contributed by atoms with Gasteiger partial charge in [-0.2, -0.15) is 0 Å². The van der Waals surface area contributed by atoms with Crippen LogP contribution >= 0.6 is 35.6 Å². The van der Waals surface area contributed by atoms with Crippen LogP contribution in [0.2, 0.25) is 10.0 Å². The van der Waals surface area contributed by atoms with Gasteiger partial charge in [-0.15, -0.1) is 12.4 Å². The highest BCUT2D eigenvalue weighted by Crippen LogP contribution is 2.35. The molecule has 6 heteroatoms. The maximum atomic E-state index is 6.14. The third-order valence-corrected chi connectivity index (χ3v) is 3.71. The molecule has 1 unspecified atom stereocenters. The van der Waals surface area contributed by atoms with Crippen LogP contribution in [0.25, 0.3) is 0 Å². The first kappa shape index (κ1) is 15.5. The molecule has 2 heterocycles. The van der Waals surface area contributed by atoms with Gasteiger partial charge in [0.05, 0.1) is 17.8 Å². The molecule has 0 fully saturated rings. The Morgan fingerprint density at radius 3 is 2.85 bits per heavy atom. The number of nitrogens with zero attached hydrogens (tertiary/aromatic N) is 1. The quantitative estimate of drug-likeness (QED) is 0.804. The number of fused-ring (bicyclic) bond motifs is 1. The van der Waals surface area contributed by atoms with Gasteiger partial charge in [-0.3, -0.25) is 4.90 Å². The fourth-order valence-corrected chi connectivity index (χ4v) is 2.73. The largest absolute Gasteiger partial charge is 0.483 e. The van der Waals surface area contributed by atoms with E-state index < -0.39 is 0 Å². The number of hydrogen-bond acceptors (Lipinski definition) is 3. The van der Waals surface area contributed by atoms with Crippen LogP contribution < -0.4 is 4.74 Å². The van der Waals surface area contributed by atoms with Crippen LogP contribution in [0.15, 0.2) is 34.9 Å². The van der Waals surface area contributed by atoms with E-state index in [1.54, 1.807) is 24.5 Å². The van der Waals surface area contributed by atoms with E-state index >= 15 is 0 Å². The number of likely N-dealkylation sites (N-methyl/N-ethyl adjacent to an activating group) is 1. The summed E-state index contributed by atoms with van der Waals surface area (Å²) in [6, 6.07) is 7.20. The molecule has 0 aliphatic carbocycles. The molecule has 0 saturated heterocycles. The lowest BCUT2D eigenvalue weighted by Crippen LogP contribution is -2.32. The minimum atomic E-state index is -0.0776. The summed E-state index contributed by atoms with van der Waals surface area (Å²) < 4.78 is 11.5. The van der Waals surface area contributed by atoms with Crippen molar-refractivity contribution in [3.63, 3.8) is 0 Å². The highest BCUT2D eigenvalue weighted by molar-refractivity contribution is 6.35. The summed E-state index contributed by atoms with van der Waals surface area (Å²) in [6.45, 7) is 1.60. The molecule has 1 atom stereocenters. The van der Waals surface area contributed by atoms with Gasteiger partial charge in [-0.05, 0) is 31.3 Å². The van der Waals surface area contributed by atoms with Crippen LogP contribution in [0.5, 0.6) is 5.75 Å². The monoisotopic (exact) mass is 333 g/mol. The number of ether oxygens (including phenoxy) is 1. The van der Waals surface area contributed by atoms with Crippen molar-refractivity contribution in [3.05, 3.63) is 51.9 Å². The highest BCUT2D eigenvalue weighted by Gasteiger charge is 2.27. The molecule has 20 heavy (non-hydrogen) atoms. The third-order valence-electron chi connectivity index (χ3n) is 3.18. The Kier molecular flexibility index (Phi) is 4.86. The van der Waals surface area contributed by atoms with Gasteiger partial charge >= 0.3 is 0 Å². The van der Waals surface area contributed by atoms with Gasteiger partial charge in [0.2, 0.25) is 0 Å². The Morgan fingerprint density at radius 1 is 1.30 bits per heavy atom. The summed E-state index contributed by atoms with van der Waals surface area (Å²) in [5.74, 6) is 1.59. The van der Waals surface area contributed by atoms with E-state index in [9.17, 15) is 0 Å².